The average molecular weight is 263 g/mol. The second kappa shape index (κ2) is 6.04. The number of carboxylic acids is 1. The highest BCUT2D eigenvalue weighted by atomic mass is 16.4. The van der Waals surface area contributed by atoms with Crippen LogP contribution in [-0.2, 0) is 0 Å². The number of aromatic carboxylic acids is 1. The first-order chi connectivity index (χ1) is 9.08. The predicted octanol–water partition coefficient (Wildman–Crippen LogP) is 1.04. The molecule has 5 heteroatoms. The molecule has 1 fully saturated rings. The quantitative estimate of drug-likeness (QED) is 0.850. The molecule has 1 unspecified atom stereocenters. The van der Waals surface area contributed by atoms with E-state index in [0.29, 0.717) is 17.3 Å². The molecule has 104 valence electrons. The Bertz CT molecular complexity index is 450. The topological polar surface area (TPSA) is 55.8 Å². The monoisotopic (exact) mass is 263 g/mol. The van der Waals surface area contributed by atoms with Crippen LogP contribution in [0.5, 0.6) is 0 Å². The maximum absolute atomic E-state index is 11.1. The molecule has 0 aromatic heterocycles. The molecule has 2 N–H and O–H groups in total. The van der Waals surface area contributed by atoms with Gasteiger partial charge in [0.1, 0.15) is 0 Å². The van der Waals surface area contributed by atoms with Gasteiger partial charge in [0.2, 0.25) is 0 Å². The number of rotatable bonds is 4. The van der Waals surface area contributed by atoms with Gasteiger partial charge in [0.25, 0.3) is 0 Å². The standard InChI is InChI=1S/C14H21N3O2/c1-16-7-8-17(2)11(10-16)9-15-13-6-4-3-5-12(13)14(18)19/h3-6,11,15H,7-10H2,1-2H3,(H,18,19). The summed E-state index contributed by atoms with van der Waals surface area (Å²) in [5, 5.41) is 12.4. The number of nitrogens with one attached hydrogen (secondary N) is 1. The van der Waals surface area contributed by atoms with Crippen molar-refractivity contribution in [3.8, 4) is 0 Å². The van der Waals surface area contributed by atoms with E-state index in [9.17, 15) is 4.79 Å². The summed E-state index contributed by atoms with van der Waals surface area (Å²) in [7, 11) is 4.23. The Morgan fingerprint density at radius 3 is 2.84 bits per heavy atom. The van der Waals surface area contributed by atoms with Crippen LogP contribution in [0, 0.1) is 0 Å². The van der Waals surface area contributed by atoms with E-state index in [0.717, 1.165) is 26.2 Å². The number of carbonyl (C=O) groups is 1. The van der Waals surface area contributed by atoms with E-state index in [4.69, 9.17) is 5.11 Å². The lowest BCUT2D eigenvalue weighted by Crippen LogP contribution is -2.52. The predicted molar refractivity (Wildman–Crippen MR) is 75.8 cm³/mol. The smallest absolute Gasteiger partial charge is 0.337 e. The largest absolute Gasteiger partial charge is 0.478 e. The Morgan fingerprint density at radius 1 is 1.37 bits per heavy atom. The van der Waals surface area contributed by atoms with Crippen LogP contribution < -0.4 is 5.32 Å². The first kappa shape index (κ1) is 13.8. The van der Waals surface area contributed by atoms with Gasteiger partial charge in [-0.2, -0.15) is 0 Å². The molecule has 0 amide bonds. The Labute approximate surface area is 113 Å². The summed E-state index contributed by atoms with van der Waals surface area (Å²) in [5.74, 6) is -0.891. The van der Waals surface area contributed by atoms with Gasteiger partial charge in [-0.3, -0.25) is 4.90 Å². The first-order valence-corrected chi connectivity index (χ1v) is 6.53. The lowest BCUT2D eigenvalue weighted by molar-refractivity contribution is 0.0698. The Hall–Kier alpha value is -1.59. The van der Waals surface area contributed by atoms with Gasteiger partial charge in [-0.25, -0.2) is 4.79 Å². The lowest BCUT2D eigenvalue weighted by atomic mass is 10.1. The van der Waals surface area contributed by atoms with Crippen molar-refractivity contribution in [2.75, 3.05) is 45.6 Å². The van der Waals surface area contributed by atoms with Gasteiger partial charge >= 0.3 is 5.97 Å². The second-order valence-corrected chi connectivity index (χ2v) is 5.13. The SMILES string of the molecule is CN1CCN(C)C(CNc2ccccc2C(=O)O)C1. The molecule has 1 heterocycles. The number of likely N-dealkylation sites (N-methyl/N-ethyl adjacent to an activating group) is 2. The van der Waals surface area contributed by atoms with Gasteiger partial charge in [-0.15, -0.1) is 0 Å². The fraction of sp³-hybridized carbons (Fsp3) is 0.500. The normalized spacial score (nSPS) is 21.3. The molecule has 5 nitrogen and oxygen atoms in total. The van der Waals surface area contributed by atoms with Crippen LogP contribution in [0.4, 0.5) is 5.69 Å². The van der Waals surface area contributed by atoms with Crippen LogP contribution in [0.2, 0.25) is 0 Å². The van der Waals surface area contributed by atoms with Gasteiger partial charge in [0.15, 0.2) is 0 Å². The van der Waals surface area contributed by atoms with Crippen molar-refractivity contribution in [1.29, 1.82) is 0 Å². The number of hydrogen-bond donors (Lipinski definition) is 2. The fourth-order valence-corrected chi connectivity index (χ4v) is 2.37. The summed E-state index contributed by atoms with van der Waals surface area (Å²) in [6.45, 7) is 3.88. The summed E-state index contributed by atoms with van der Waals surface area (Å²) in [5.41, 5.74) is 1.02. The molecule has 1 aromatic carbocycles. The Kier molecular flexibility index (Phi) is 4.39. The van der Waals surface area contributed by atoms with Crippen molar-refractivity contribution < 1.29 is 9.90 Å². The van der Waals surface area contributed by atoms with E-state index in [1.165, 1.54) is 0 Å². The summed E-state index contributed by atoms with van der Waals surface area (Å²) >= 11 is 0. The van der Waals surface area contributed by atoms with Crippen molar-refractivity contribution in [3.63, 3.8) is 0 Å². The van der Waals surface area contributed by atoms with Gasteiger partial charge in [-0.05, 0) is 26.2 Å². The molecule has 0 spiro atoms. The molecule has 0 aliphatic carbocycles. The van der Waals surface area contributed by atoms with Crippen LogP contribution in [0.25, 0.3) is 0 Å². The van der Waals surface area contributed by atoms with Crippen molar-refractivity contribution in [2.24, 2.45) is 0 Å². The molecule has 1 aromatic rings. The fourth-order valence-electron chi connectivity index (χ4n) is 2.37. The number of hydrogen-bond acceptors (Lipinski definition) is 4. The number of benzene rings is 1. The number of carboxylic acid groups (broad SMARTS) is 1. The molecule has 0 radical (unpaired) electrons. The Morgan fingerprint density at radius 2 is 2.11 bits per heavy atom. The average Bonchev–Trinajstić information content (AvgIpc) is 2.40. The minimum atomic E-state index is -0.891. The van der Waals surface area contributed by atoms with Crippen LogP contribution in [0.3, 0.4) is 0 Å². The van der Waals surface area contributed by atoms with E-state index < -0.39 is 5.97 Å². The van der Waals surface area contributed by atoms with Crippen molar-refractivity contribution >= 4 is 11.7 Å². The number of para-hydroxylation sites is 1. The maximum Gasteiger partial charge on any atom is 0.337 e. The lowest BCUT2D eigenvalue weighted by Gasteiger charge is -2.38. The zero-order valence-corrected chi connectivity index (χ0v) is 11.5. The third kappa shape index (κ3) is 3.45. The summed E-state index contributed by atoms with van der Waals surface area (Å²) in [6.07, 6.45) is 0. The zero-order chi connectivity index (χ0) is 13.8. The molecule has 1 aliphatic rings. The third-order valence-corrected chi connectivity index (χ3v) is 3.67. The highest BCUT2D eigenvalue weighted by Gasteiger charge is 2.22. The van der Waals surface area contributed by atoms with E-state index >= 15 is 0 Å². The van der Waals surface area contributed by atoms with E-state index in [2.05, 4.69) is 29.2 Å². The summed E-state index contributed by atoms with van der Waals surface area (Å²) in [6, 6.07) is 7.44. The first-order valence-electron chi connectivity index (χ1n) is 6.53. The zero-order valence-electron chi connectivity index (χ0n) is 11.5. The van der Waals surface area contributed by atoms with Gasteiger partial charge < -0.3 is 15.3 Å². The highest BCUT2D eigenvalue weighted by molar-refractivity contribution is 5.94. The van der Waals surface area contributed by atoms with Crippen LogP contribution >= 0.6 is 0 Å². The second-order valence-electron chi connectivity index (χ2n) is 5.13. The summed E-state index contributed by atoms with van der Waals surface area (Å²) < 4.78 is 0. The molecular formula is C14H21N3O2. The minimum absolute atomic E-state index is 0.328. The molecule has 1 atom stereocenters. The van der Waals surface area contributed by atoms with Crippen molar-refractivity contribution in [1.82, 2.24) is 9.80 Å². The van der Waals surface area contributed by atoms with Gasteiger partial charge in [0, 0.05) is 37.9 Å². The van der Waals surface area contributed by atoms with Gasteiger partial charge in [0.05, 0.1) is 5.56 Å². The van der Waals surface area contributed by atoms with Crippen LogP contribution in [0.1, 0.15) is 10.4 Å². The van der Waals surface area contributed by atoms with E-state index in [1.807, 2.05) is 12.1 Å². The van der Waals surface area contributed by atoms with Gasteiger partial charge in [-0.1, -0.05) is 12.1 Å². The highest BCUT2D eigenvalue weighted by Crippen LogP contribution is 2.16. The molecule has 1 aliphatic heterocycles. The number of anilines is 1. The Balaban J connectivity index is 2.00. The molecule has 0 bridgehead atoms. The van der Waals surface area contributed by atoms with E-state index in [-0.39, 0.29) is 0 Å². The summed E-state index contributed by atoms with van der Waals surface area (Å²) in [4.78, 5) is 15.7. The van der Waals surface area contributed by atoms with Crippen LogP contribution in [0.15, 0.2) is 24.3 Å². The number of piperazine rings is 1. The van der Waals surface area contributed by atoms with Crippen LogP contribution in [-0.4, -0.2) is 67.2 Å². The number of nitrogens with zero attached hydrogens (tertiary/aromatic N) is 2. The third-order valence-electron chi connectivity index (χ3n) is 3.67. The molecule has 19 heavy (non-hydrogen) atoms. The van der Waals surface area contributed by atoms with E-state index in [1.54, 1.807) is 12.1 Å². The van der Waals surface area contributed by atoms with Crippen molar-refractivity contribution in [3.05, 3.63) is 29.8 Å². The molecule has 1 saturated heterocycles. The molecular weight excluding hydrogens is 242 g/mol. The minimum Gasteiger partial charge on any atom is -0.478 e. The maximum atomic E-state index is 11.1. The van der Waals surface area contributed by atoms with Crippen molar-refractivity contribution in [2.45, 2.75) is 6.04 Å². The molecule has 2 rings (SSSR count). The molecule has 0 saturated carbocycles.